The molecule has 0 aliphatic rings. The molecule has 3 heteroatoms. The van der Waals surface area contributed by atoms with Crippen molar-refractivity contribution >= 4 is 22.9 Å². The van der Waals surface area contributed by atoms with Crippen LogP contribution >= 0.6 is 11.6 Å². The first-order valence-electron chi connectivity index (χ1n) is 7.33. The molecule has 0 aliphatic heterocycles. The molecule has 2 nitrogen and oxygen atoms in total. The summed E-state index contributed by atoms with van der Waals surface area (Å²) in [7, 11) is 0. The van der Waals surface area contributed by atoms with E-state index in [2.05, 4.69) is 6.92 Å². The van der Waals surface area contributed by atoms with Crippen LogP contribution in [0.1, 0.15) is 51.0 Å². The van der Waals surface area contributed by atoms with Crippen LogP contribution in [0, 0.1) is 0 Å². The quantitative estimate of drug-likeness (QED) is 0.336. The lowest BCUT2D eigenvalue weighted by Crippen LogP contribution is -1.97. The number of carbonyl (C=O) groups excluding carboxylic acids is 1. The fourth-order valence-electron chi connectivity index (χ4n) is 1.91. The molecule has 20 heavy (non-hydrogen) atoms. The van der Waals surface area contributed by atoms with Gasteiger partial charge in [0, 0.05) is 0 Å². The second kappa shape index (κ2) is 10.5. The van der Waals surface area contributed by atoms with E-state index >= 15 is 0 Å². The number of allylic oxidation sites excluding steroid dienone is 1. The Morgan fingerprint density at radius 2 is 1.75 bits per heavy atom. The van der Waals surface area contributed by atoms with E-state index in [1.54, 1.807) is 6.08 Å². The lowest BCUT2D eigenvalue weighted by Gasteiger charge is -2.06. The summed E-state index contributed by atoms with van der Waals surface area (Å²) in [4.78, 5) is 10.6. The van der Waals surface area contributed by atoms with Crippen LogP contribution in [0.4, 0.5) is 0 Å². The van der Waals surface area contributed by atoms with Crippen molar-refractivity contribution in [1.82, 2.24) is 0 Å². The molecule has 0 saturated carbocycles. The maximum Gasteiger partial charge on any atom is 0.245 e. The molecule has 0 amide bonds. The number of unbranched alkanes of at least 4 members (excludes halogenated alkanes) is 5. The van der Waals surface area contributed by atoms with Crippen LogP contribution in [-0.4, -0.2) is 11.8 Å². The van der Waals surface area contributed by atoms with Gasteiger partial charge >= 0.3 is 0 Å². The summed E-state index contributed by atoms with van der Waals surface area (Å²) in [5, 5.41) is -0.464. The van der Waals surface area contributed by atoms with Crippen LogP contribution in [0.5, 0.6) is 5.75 Å². The molecule has 1 aromatic carbocycles. The van der Waals surface area contributed by atoms with Crippen molar-refractivity contribution in [2.45, 2.75) is 45.4 Å². The average molecular weight is 295 g/mol. The van der Waals surface area contributed by atoms with Crippen LogP contribution in [0.3, 0.4) is 0 Å². The van der Waals surface area contributed by atoms with E-state index in [4.69, 9.17) is 16.3 Å². The van der Waals surface area contributed by atoms with Gasteiger partial charge in [0.15, 0.2) is 0 Å². The van der Waals surface area contributed by atoms with Gasteiger partial charge in [0.05, 0.1) is 6.61 Å². The second-order valence-corrected chi connectivity index (χ2v) is 5.20. The third kappa shape index (κ3) is 8.00. The molecule has 0 heterocycles. The smallest absolute Gasteiger partial charge is 0.245 e. The van der Waals surface area contributed by atoms with Crippen molar-refractivity contribution in [3.63, 3.8) is 0 Å². The Morgan fingerprint density at radius 1 is 1.10 bits per heavy atom. The zero-order valence-electron chi connectivity index (χ0n) is 12.1. The fraction of sp³-hybridized carbons (Fsp3) is 0.471. The lowest BCUT2D eigenvalue weighted by molar-refractivity contribution is -0.107. The van der Waals surface area contributed by atoms with E-state index in [-0.39, 0.29) is 0 Å². The Hall–Kier alpha value is -1.28. The highest BCUT2D eigenvalue weighted by Crippen LogP contribution is 2.14. The normalized spacial score (nSPS) is 10.9. The van der Waals surface area contributed by atoms with Gasteiger partial charge in [-0.3, -0.25) is 4.79 Å². The molecule has 0 atom stereocenters. The Balaban J connectivity index is 2.20. The Labute approximate surface area is 126 Å². The molecule has 0 N–H and O–H groups in total. The topological polar surface area (TPSA) is 26.3 Å². The third-order valence-electron chi connectivity index (χ3n) is 3.05. The van der Waals surface area contributed by atoms with Crippen molar-refractivity contribution in [2.75, 3.05) is 6.61 Å². The van der Waals surface area contributed by atoms with Gasteiger partial charge in [-0.25, -0.2) is 0 Å². The molecule has 1 aromatic rings. The number of halogens is 1. The van der Waals surface area contributed by atoms with Gasteiger partial charge in [0.1, 0.15) is 5.75 Å². The van der Waals surface area contributed by atoms with Gasteiger partial charge in [-0.2, -0.15) is 0 Å². The predicted octanol–water partition coefficient (Wildman–Crippen LogP) is 5.20. The summed E-state index contributed by atoms with van der Waals surface area (Å²) >= 11 is 5.24. The molecule has 0 bridgehead atoms. The molecular formula is C17H23ClO2. The lowest BCUT2D eigenvalue weighted by atomic mass is 10.1. The van der Waals surface area contributed by atoms with Gasteiger partial charge < -0.3 is 4.74 Å². The third-order valence-corrected chi connectivity index (χ3v) is 3.18. The van der Waals surface area contributed by atoms with Crippen molar-refractivity contribution < 1.29 is 9.53 Å². The van der Waals surface area contributed by atoms with Gasteiger partial charge in [-0.1, -0.05) is 57.2 Å². The zero-order chi connectivity index (χ0) is 14.6. The van der Waals surface area contributed by atoms with Gasteiger partial charge in [0.2, 0.25) is 5.24 Å². The van der Waals surface area contributed by atoms with Crippen molar-refractivity contribution in [3.8, 4) is 5.75 Å². The molecule has 0 aliphatic carbocycles. The molecule has 0 spiro atoms. The van der Waals surface area contributed by atoms with Crippen LogP contribution in [0.25, 0.3) is 6.08 Å². The fourth-order valence-corrected chi connectivity index (χ4v) is 1.97. The molecule has 0 saturated heterocycles. The van der Waals surface area contributed by atoms with E-state index < -0.39 is 5.24 Å². The summed E-state index contributed by atoms with van der Waals surface area (Å²) in [6.07, 6.45) is 10.6. The molecular weight excluding hydrogens is 272 g/mol. The van der Waals surface area contributed by atoms with E-state index in [1.807, 2.05) is 24.3 Å². The summed E-state index contributed by atoms with van der Waals surface area (Å²) in [6.45, 7) is 2.99. The first-order chi connectivity index (χ1) is 9.72. The summed E-state index contributed by atoms with van der Waals surface area (Å²) in [5.41, 5.74) is 0.936. The minimum atomic E-state index is -0.464. The average Bonchev–Trinajstić information content (AvgIpc) is 2.45. The molecule has 0 unspecified atom stereocenters. The predicted molar refractivity (Wildman–Crippen MR) is 85.2 cm³/mol. The first kappa shape index (κ1) is 16.8. The minimum Gasteiger partial charge on any atom is -0.494 e. The first-order valence-corrected chi connectivity index (χ1v) is 7.70. The number of benzene rings is 1. The molecule has 1 rings (SSSR count). The standard InChI is InChI=1S/C17H23ClO2/c1-2-3-4-5-6-7-14-20-16-11-8-15(9-12-16)10-13-17(18)19/h8-13H,2-7,14H2,1H3/b13-10+. The molecule has 0 aromatic heterocycles. The Kier molecular flexibility index (Phi) is 8.81. The number of hydrogen-bond acceptors (Lipinski definition) is 2. The molecule has 0 fully saturated rings. The van der Waals surface area contributed by atoms with E-state index in [1.165, 1.54) is 38.2 Å². The highest BCUT2D eigenvalue weighted by atomic mass is 35.5. The molecule has 0 radical (unpaired) electrons. The SMILES string of the molecule is CCCCCCCCOc1ccc(/C=C/C(=O)Cl)cc1. The van der Waals surface area contributed by atoms with E-state index in [0.29, 0.717) is 0 Å². The number of hydrogen-bond donors (Lipinski definition) is 0. The highest BCUT2D eigenvalue weighted by molar-refractivity contribution is 6.66. The van der Waals surface area contributed by atoms with Gasteiger partial charge in [-0.15, -0.1) is 0 Å². The highest BCUT2D eigenvalue weighted by Gasteiger charge is 1.95. The summed E-state index contributed by atoms with van der Waals surface area (Å²) in [6, 6.07) is 7.64. The van der Waals surface area contributed by atoms with Gasteiger partial charge in [-0.05, 0) is 41.8 Å². The minimum absolute atomic E-state index is 0.464. The maximum atomic E-state index is 10.6. The number of ether oxygens (including phenoxy) is 1. The monoisotopic (exact) mass is 294 g/mol. The van der Waals surface area contributed by atoms with Crippen LogP contribution < -0.4 is 4.74 Å². The number of rotatable bonds is 10. The zero-order valence-corrected chi connectivity index (χ0v) is 12.9. The van der Waals surface area contributed by atoms with Crippen molar-refractivity contribution in [3.05, 3.63) is 35.9 Å². The Morgan fingerprint density at radius 3 is 2.40 bits per heavy atom. The summed E-state index contributed by atoms with van der Waals surface area (Å²) in [5.74, 6) is 0.868. The van der Waals surface area contributed by atoms with Crippen molar-refractivity contribution in [2.24, 2.45) is 0 Å². The van der Waals surface area contributed by atoms with Crippen LogP contribution in [0.2, 0.25) is 0 Å². The van der Waals surface area contributed by atoms with E-state index in [9.17, 15) is 4.79 Å². The van der Waals surface area contributed by atoms with Crippen LogP contribution in [0.15, 0.2) is 30.3 Å². The largest absolute Gasteiger partial charge is 0.494 e. The Bertz CT molecular complexity index is 410. The molecule has 110 valence electrons. The second-order valence-electron chi connectivity index (χ2n) is 4.82. The van der Waals surface area contributed by atoms with Gasteiger partial charge in [0.25, 0.3) is 0 Å². The number of carbonyl (C=O) groups is 1. The van der Waals surface area contributed by atoms with E-state index in [0.717, 1.165) is 24.3 Å². The van der Waals surface area contributed by atoms with Crippen LogP contribution in [-0.2, 0) is 4.79 Å². The van der Waals surface area contributed by atoms with Crippen molar-refractivity contribution in [1.29, 1.82) is 0 Å². The maximum absolute atomic E-state index is 10.6. The summed E-state index contributed by atoms with van der Waals surface area (Å²) < 4.78 is 5.68.